The second kappa shape index (κ2) is 11.7. The zero-order chi connectivity index (χ0) is 25.6. The number of benzene rings is 4. The third kappa shape index (κ3) is 7.61. The van der Waals surface area contributed by atoms with Crippen molar-refractivity contribution in [1.82, 2.24) is 0 Å². The van der Waals surface area contributed by atoms with Crippen molar-refractivity contribution in [2.75, 3.05) is 0 Å². The van der Waals surface area contributed by atoms with Crippen LogP contribution in [0.3, 0.4) is 0 Å². The van der Waals surface area contributed by atoms with E-state index >= 15 is 0 Å². The zero-order valence-corrected chi connectivity index (χ0v) is 22.2. The van der Waals surface area contributed by atoms with Gasteiger partial charge >= 0.3 is 10.1 Å². The molecule has 4 aromatic carbocycles. The molecular weight excluding hydrogens is 550 g/mol. The van der Waals surface area contributed by atoms with Gasteiger partial charge in [0.05, 0.1) is 0 Å². The Morgan fingerprint density at radius 1 is 0.600 bits per heavy atom. The van der Waals surface area contributed by atoms with E-state index in [9.17, 15) is 13.5 Å². The highest BCUT2D eigenvalue weighted by Crippen LogP contribution is 2.30. The van der Waals surface area contributed by atoms with Gasteiger partial charge in [-0.05, 0) is 90.8 Å². The number of rotatable bonds is 5. The van der Waals surface area contributed by atoms with Gasteiger partial charge in [0.1, 0.15) is 16.2 Å². The predicted octanol–water partition coefficient (Wildman–Crippen LogP) is 8.01. The average Bonchev–Trinajstić information content (AvgIpc) is 2.82. The summed E-state index contributed by atoms with van der Waals surface area (Å²) in [6, 6.07) is 26.1. The van der Waals surface area contributed by atoms with Crippen LogP contribution in [0, 0.1) is 0 Å². The smallest absolute Gasteiger partial charge is 0.339 e. The van der Waals surface area contributed by atoms with E-state index in [4.69, 9.17) is 50.6 Å². The standard InChI is InChI=1S/C14H12Cl2O.C12H8Cl2O3S/c1-14(17,10-2-6-12(15)7-3-10)11-4-8-13(16)9-5-11;13-9-1-5-11(6-2-9)17-18(15,16)12-7-3-10(14)4-8-12/h2-9,17H,1H3;1-8H. The molecule has 35 heavy (non-hydrogen) atoms. The lowest BCUT2D eigenvalue weighted by Gasteiger charge is -2.24. The second-order valence-corrected chi connectivity index (χ2v) is 10.8. The molecule has 0 aliphatic heterocycles. The molecule has 0 saturated carbocycles. The minimum Gasteiger partial charge on any atom is -0.381 e. The second-order valence-electron chi connectivity index (χ2n) is 7.53. The summed E-state index contributed by atoms with van der Waals surface area (Å²) in [5.41, 5.74) is 0.545. The van der Waals surface area contributed by atoms with E-state index in [0.717, 1.165) is 11.1 Å². The van der Waals surface area contributed by atoms with Gasteiger partial charge in [-0.25, -0.2) is 0 Å². The molecule has 0 aliphatic carbocycles. The topological polar surface area (TPSA) is 63.6 Å². The molecule has 0 saturated heterocycles. The van der Waals surface area contributed by atoms with Crippen molar-refractivity contribution in [2.24, 2.45) is 0 Å². The largest absolute Gasteiger partial charge is 0.381 e. The van der Waals surface area contributed by atoms with E-state index in [0.29, 0.717) is 20.1 Å². The van der Waals surface area contributed by atoms with Crippen molar-refractivity contribution in [3.63, 3.8) is 0 Å². The van der Waals surface area contributed by atoms with E-state index in [1.54, 1.807) is 43.3 Å². The molecule has 4 nitrogen and oxygen atoms in total. The number of aliphatic hydroxyl groups is 1. The van der Waals surface area contributed by atoms with Gasteiger partial charge in [0.15, 0.2) is 0 Å². The number of hydrogen-bond donors (Lipinski definition) is 1. The lowest BCUT2D eigenvalue weighted by atomic mass is 9.88. The lowest BCUT2D eigenvalue weighted by molar-refractivity contribution is 0.102. The molecule has 1 N–H and O–H groups in total. The fourth-order valence-corrected chi connectivity index (χ4v) is 4.42. The van der Waals surface area contributed by atoms with E-state index in [1.165, 1.54) is 36.4 Å². The van der Waals surface area contributed by atoms with Crippen LogP contribution in [0.5, 0.6) is 5.75 Å². The van der Waals surface area contributed by atoms with Crippen molar-refractivity contribution in [3.8, 4) is 5.75 Å². The Labute approximate surface area is 224 Å². The molecule has 0 spiro atoms. The first-order valence-corrected chi connectivity index (χ1v) is 13.1. The average molecular weight is 570 g/mol. The Kier molecular flexibility index (Phi) is 9.11. The monoisotopic (exact) mass is 568 g/mol. The lowest BCUT2D eigenvalue weighted by Crippen LogP contribution is -2.22. The number of halogens is 4. The van der Waals surface area contributed by atoms with Gasteiger partial charge in [0.25, 0.3) is 0 Å². The molecule has 0 radical (unpaired) electrons. The van der Waals surface area contributed by atoms with Crippen LogP contribution in [-0.4, -0.2) is 13.5 Å². The summed E-state index contributed by atoms with van der Waals surface area (Å²) in [4.78, 5) is 0.0434. The molecule has 0 aliphatic rings. The van der Waals surface area contributed by atoms with Crippen LogP contribution in [0.25, 0.3) is 0 Å². The number of hydrogen-bond acceptors (Lipinski definition) is 4. The van der Waals surface area contributed by atoms with Crippen molar-refractivity contribution in [2.45, 2.75) is 17.4 Å². The minimum atomic E-state index is -3.84. The molecule has 0 aromatic heterocycles. The SMILES string of the molecule is CC(O)(c1ccc(Cl)cc1)c1ccc(Cl)cc1.O=S(=O)(Oc1ccc(Cl)cc1)c1ccc(Cl)cc1. The Morgan fingerprint density at radius 3 is 1.29 bits per heavy atom. The fraction of sp³-hybridized carbons (Fsp3) is 0.0769. The zero-order valence-electron chi connectivity index (χ0n) is 18.3. The molecular formula is C26H20Cl4O4S. The summed E-state index contributed by atoms with van der Waals surface area (Å²) in [5, 5.41) is 12.8. The van der Waals surface area contributed by atoms with Gasteiger partial charge in [0.2, 0.25) is 0 Å². The third-order valence-electron chi connectivity index (χ3n) is 4.93. The van der Waals surface area contributed by atoms with Crippen LogP contribution in [0.2, 0.25) is 20.1 Å². The third-order valence-corrected chi connectivity index (χ3v) is 7.20. The molecule has 4 rings (SSSR count). The highest BCUT2D eigenvalue weighted by Gasteiger charge is 2.25. The maximum atomic E-state index is 11.9. The highest BCUT2D eigenvalue weighted by molar-refractivity contribution is 7.87. The van der Waals surface area contributed by atoms with E-state index < -0.39 is 15.7 Å². The Morgan fingerprint density at radius 2 is 0.914 bits per heavy atom. The minimum absolute atomic E-state index is 0.0434. The van der Waals surface area contributed by atoms with Crippen LogP contribution >= 0.6 is 46.4 Å². The molecule has 0 heterocycles. The molecule has 9 heteroatoms. The Balaban J connectivity index is 0.000000196. The molecule has 0 unspecified atom stereocenters. The molecule has 0 fully saturated rings. The van der Waals surface area contributed by atoms with Crippen LogP contribution in [0.1, 0.15) is 18.1 Å². The highest BCUT2D eigenvalue weighted by atomic mass is 35.5. The van der Waals surface area contributed by atoms with Gasteiger partial charge in [0, 0.05) is 20.1 Å². The first-order valence-electron chi connectivity index (χ1n) is 10.2. The molecule has 0 atom stereocenters. The summed E-state index contributed by atoms with van der Waals surface area (Å²) in [6.07, 6.45) is 0. The van der Waals surface area contributed by atoms with Crippen molar-refractivity contribution >= 4 is 56.5 Å². The van der Waals surface area contributed by atoms with E-state index in [-0.39, 0.29) is 10.6 Å². The summed E-state index contributed by atoms with van der Waals surface area (Å²) < 4.78 is 28.8. The quantitative estimate of drug-likeness (QED) is 0.247. The first-order chi connectivity index (χ1) is 16.5. The van der Waals surface area contributed by atoms with Gasteiger partial charge < -0.3 is 9.29 Å². The van der Waals surface area contributed by atoms with Gasteiger partial charge in [-0.3, -0.25) is 0 Å². The maximum Gasteiger partial charge on any atom is 0.339 e. The Hall–Kier alpha value is -2.25. The predicted molar refractivity (Wildman–Crippen MR) is 142 cm³/mol. The Bertz CT molecular complexity index is 1310. The summed E-state index contributed by atoms with van der Waals surface area (Å²) in [7, 11) is -3.84. The van der Waals surface area contributed by atoms with Crippen LogP contribution < -0.4 is 4.18 Å². The molecule has 0 bridgehead atoms. The molecule has 0 amide bonds. The first kappa shape index (κ1) is 27.3. The summed E-state index contributed by atoms with van der Waals surface area (Å²) in [5.74, 6) is 0.203. The van der Waals surface area contributed by atoms with Crippen molar-refractivity contribution in [3.05, 3.63) is 128 Å². The van der Waals surface area contributed by atoms with Crippen LogP contribution in [0.15, 0.2) is 102 Å². The van der Waals surface area contributed by atoms with Gasteiger partial charge in [-0.15, -0.1) is 0 Å². The van der Waals surface area contributed by atoms with Crippen molar-refractivity contribution in [1.29, 1.82) is 0 Å². The maximum absolute atomic E-state index is 11.9. The fourth-order valence-electron chi connectivity index (χ4n) is 2.98. The molecule has 4 aromatic rings. The summed E-state index contributed by atoms with van der Waals surface area (Å²) >= 11 is 23.0. The molecule has 182 valence electrons. The van der Waals surface area contributed by atoms with Crippen LogP contribution in [-0.2, 0) is 15.7 Å². The van der Waals surface area contributed by atoms with Gasteiger partial charge in [-0.2, -0.15) is 8.42 Å². The normalized spacial score (nSPS) is 11.4. The van der Waals surface area contributed by atoms with Crippen molar-refractivity contribution < 1.29 is 17.7 Å². The van der Waals surface area contributed by atoms with Crippen LogP contribution in [0.4, 0.5) is 0 Å². The summed E-state index contributed by atoms with van der Waals surface area (Å²) in [6.45, 7) is 1.75. The van der Waals surface area contributed by atoms with E-state index in [1.807, 2.05) is 24.3 Å². The van der Waals surface area contributed by atoms with Gasteiger partial charge in [-0.1, -0.05) is 70.7 Å². The van der Waals surface area contributed by atoms with E-state index in [2.05, 4.69) is 0 Å².